The molecule has 0 fully saturated rings. The molecule has 4 nitrogen and oxygen atoms in total. The summed E-state index contributed by atoms with van der Waals surface area (Å²) in [5, 5.41) is 7.59. The second-order valence-electron chi connectivity index (χ2n) is 23.8. The van der Waals surface area contributed by atoms with Crippen molar-refractivity contribution in [3.05, 3.63) is 252 Å². The van der Waals surface area contributed by atoms with Gasteiger partial charge in [-0.25, -0.2) is 0 Å². The van der Waals surface area contributed by atoms with Crippen LogP contribution in [0.5, 0.6) is 0 Å². The van der Waals surface area contributed by atoms with Gasteiger partial charge in [-0.3, -0.25) is 0 Å². The third-order valence-electron chi connectivity index (χ3n) is 17.2. The molecule has 454 valence electrons. The van der Waals surface area contributed by atoms with Crippen molar-refractivity contribution in [3.63, 3.8) is 0 Å². The monoisotopic (exact) mass is 1200 g/mol. The first-order valence-corrected chi connectivity index (χ1v) is 34.7. The van der Waals surface area contributed by atoms with Gasteiger partial charge in [0.25, 0.3) is 0 Å². The molecule has 0 saturated heterocycles. The molecule has 2 heterocycles. The molecule has 10 rings (SSSR count). The number of unbranched alkanes of at least 4 members (excludes halogenated alkanes) is 12. The molecule has 0 bridgehead atoms. The third-order valence-corrected chi connectivity index (χ3v) is 19.8. The Labute approximate surface area is 535 Å². The number of aryl methyl sites for hydroxylation is 4. The van der Waals surface area contributed by atoms with Gasteiger partial charge in [0.2, 0.25) is 0 Å². The number of fused-ring (bicyclic) bond motifs is 2. The molecule has 0 radical (unpaired) electrons. The number of benzene rings is 8. The van der Waals surface area contributed by atoms with Gasteiger partial charge in [-0.05, 0) is 157 Å². The minimum atomic E-state index is 0.662. The molecule has 2 aromatic heterocycles. The fourth-order valence-corrected chi connectivity index (χ4v) is 14.8. The number of hydrogen-bond donors (Lipinski definition) is 0. The van der Waals surface area contributed by atoms with Crippen molar-refractivity contribution in [1.82, 2.24) is 0 Å². The molecule has 0 N–H and O–H groups in total. The molecule has 0 aliphatic heterocycles. The highest BCUT2D eigenvalue weighted by Crippen LogP contribution is 2.55. The standard InChI is InChI=1S/C82H92N2O2S2/c1-5-9-11-17-27-65-43-51-71(52-44-65)83(73-55-47-67(48-56-73)29-19-13-15-25-59-85-61-69-39-35-63(7-3)36-40-69)81-77-33-23-21-31-75(77)79(87-81)80-76-32-22-24-34-78(76)82(88-80)84(72-53-45-66(46-54-72)28-18-12-10-6-2)74-57-49-68(50-58-74)30-20-14-16-26-60-86-62-70-41-37-64(8-4)38-42-70/h7-8,21-24,31-58H,3-6,9-20,25-30,59-62H2,1-2H3. The van der Waals surface area contributed by atoms with Crippen LogP contribution >= 0.6 is 22.7 Å². The minimum Gasteiger partial charge on any atom is -0.377 e. The summed E-state index contributed by atoms with van der Waals surface area (Å²) < 4.78 is 12.1. The van der Waals surface area contributed by atoms with E-state index >= 15 is 0 Å². The lowest BCUT2D eigenvalue weighted by atomic mass is 10.0. The molecule has 0 aliphatic rings. The zero-order valence-corrected chi connectivity index (χ0v) is 54.2. The van der Waals surface area contributed by atoms with Crippen molar-refractivity contribution in [2.24, 2.45) is 0 Å². The Morgan fingerprint density at radius 3 is 0.909 bits per heavy atom. The molecule has 0 unspecified atom stereocenters. The van der Waals surface area contributed by atoms with Gasteiger partial charge in [0, 0.05) is 57.5 Å². The van der Waals surface area contributed by atoms with Gasteiger partial charge in [0.15, 0.2) is 0 Å². The molecule has 0 aliphatic carbocycles. The Bertz CT molecular complexity index is 3440. The fraction of sp³-hybridized carbons (Fsp3) is 0.317. The van der Waals surface area contributed by atoms with E-state index in [1.165, 1.54) is 187 Å². The quantitative estimate of drug-likeness (QED) is 0.0362. The largest absolute Gasteiger partial charge is 0.377 e. The molecule has 0 atom stereocenters. The van der Waals surface area contributed by atoms with Crippen LogP contribution in [-0.4, -0.2) is 13.2 Å². The fourth-order valence-electron chi connectivity index (χ4n) is 12.0. The van der Waals surface area contributed by atoms with Crippen molar-refractivity contribution in [1.29, 1.82) is 0 Å². The van der Waals surface area contributed by atoms with E-state index in [0.717, 1.165) is 62.9 Å². The maximum absolute atomic E-state index is 6.03. The van der Waals surface area contributed by atoms with E-state index in [4.69, 9.17) is 9.47 Å². The number of ether oxygens (including phenoxy) is 2. The van der Waals surface area contributed by atoms with Gasteiger partial charge in [0.1, 0.15) is 10.0 Å². The highest BCUT2D eigenvalue weighted by atomic mass is 32.1. The number of hydrogen-bond acceptors (Lipinski definition) is 6. The van der Waals surface area contributed by atoms with Crippen LogP contribution in [-0.2, 0) is 48.4 Å². The Kier molecular flexibility index (Phi) is 24.5. The summed E-state index contributed by atoms with van der Waals surface area (Å²) in [6.45, 7) is 15.2. The average Bonchev–Trinajstić information content (AvgIpc) is 2.13. The summed E-state index contributed by atoms with van der Waals surface area (Å²) in [5.74, 6) is 0. The lowest BCUT2D eigenvalue weighted by molar-refractivity contribution is 0.116. The van der Waals surface area contributed by atoms with Crippen LogP contribution in [0.1, 0.15) is 161 Å². The first kappa shape index (κ1) is 63.7. The highest BCUT2D eigenvalue weighted by molar-refractivity contribution is 7.28. The lowest BCUT2D eigenvalue weighted by Gasteiger charge is -2.25. The first-order chi connectivity index (χ1) is 43.5. The second kappa shape index (κ2) is 33.9. The summed E-state index contributed by atoms with van der Waals surface area (Å²) in [5.41, 5.74) is 15.0. The van der Waals surface area contributed by atoms with Gasteiger partial charge in [-0.15, -0.1) is 22.7 Å². The SMILES string of the molecule is C=Cc1ccc(COCCCCCCc2ccc(N(c3ccc(CCCCCC)cc3)c3sc(-c4sc(N(c5ccc(CCCCCC)cc5)c5ccc(CCCCCCOCc6ccc(C=C)cc6)cc5)c5ccccc45)c4ccccc34)cc2)cc1. The zero-order chi connectivity index (χ0) is 60.5. The van der Waals surface area contributed by atoms with Crippen molar-refractivity contribution in [2.75, 3.05) is 23.0 Å². The zero-order valence-electron chi connectivity index (χ0n) is 52.5. The number of thiophene rings is 2. The van der Waals surface area contributed by atoms with Crippen LogP contribution in [0.15, 0.2) is 207 Å². The lowest BCUT2D eigenvalue weighted by Crippen LogP contribution is -2.09. The van der Waals surface area contributed by atoms with Gasteiger partial charge < -0.3 is 19.3 Å². The van der Waals surface area contributed by atoms with Crippen LogP contribution in [0.4, 0.5) is 32.8 Å². The van der Waals surface area contributed by atoms with E-state index < -0.39 is 0 Å². The van der Waals surface area contributed by atoms with Crippen LogP contribution < -0.4 is 9.80 Å². The summed E-state index contributed by atoms with van der Waals surface area (Å²) in [4.78, 5) is 7.68. The van der Waals surface area contributed by atoms with E-state index in [1.807, 2.05) is 34.8 Å². The van der Waals surface area contributed by atoms with Crippen molar-refractivity contribution >= 4 is 89.1 Å². The van der Waals surface area contributed by atoms with Crippen LogP contribution in [0, 0.1) is 0 Å². The molecule has 88 heavy (non-hydrogen) atoms. The van der Waals surface area contributed by atoms with Gasteiger partial charge >= 0.3 is 0 Å². The van der Waals surface area contributed by atoms with E-state index in [-0.39, 0.29) is 0 Å². The van der Waals surface area contributed by atoms with Crippen LogP contribution in [0.25, 0.3) is 43.5 Å². The third kappa shape index (κ3) is 17.5. The maximum Gasteiger partial charge on any atom is 0.109 e. The molecule has 0 spiro atoms. The van der Waals surface area contributed by atoms with E-state index in [2.05, 4.69) is 231 Å². The molecular formula is C82H92N2O2S2. The Hall–Kier alpha value is -7.32. The van der Waals surface area contributed by atoms with Gasteiger partial charge in [-0.2, -0.15) is 0 Å². The summed E-state index contributed by atoms with van der Waals surface area (Å²) in [6.07, 6.45) is 27.5. The predicted molar refractivity (Wildman–Crippen MR) is 384 cm³/mol. The first-order valence-electron chi connectivity index (χ1n) is 33.1. The maximum atomic E-state index is 6.03. The smallest absolute Gasteiger partial charge is 0.109 e. The molecule has 8 aromatic carbocycles. The van der Waals surface area contributed by atoms with Gasteiger partial charge in [0.05, 0.1) is 23.0 Å². The number of nitrogens with zero attached hydrogens (tertiary/aromatic N) is 2. The predicted octanol–water partition coefficient (Wildman–Crippen LogP) is 24.9. The number of rotatable bonds is 37. The summed E-state index contributed by atoms with van der Waals surface area (Å²) in [6, 6.07) is 73.1. The van der Waals surface area contributed by atoms with Crippen LogP contribution in [0.3, 0.4) is 0 Å². The van der Waals surface area contributed by atoms with Crippen molar-refractivity contribution in [3.8, 4) is 9.75 Å². The average molecular weight is 1200 g/mol. The van der Waals surface area contributed by atoms with E-state index in [0.29, 0.717) is 13.2 Å². The van der Waals surface area contributed by atoms with Crippen LogP contribution in [0.2, 0.25) is 0 Å². The Balaban J connectivity index is 0.898. The van der Waals surface area contributed by atoms with Crippen molar-refractivity contribution < 1.29 is 9.47 Å². The Morgan fingerprint density at radius 2 is 0.602 bits per heavy atom. The summed E-state index contributed by atoms with van der Waals surface area (Å²) in [7, 11) is 0. The Morgan fingerprint density at radius 1 is 0.318 bits per heavy atom. The normalized spacial score (nSPS) is 11.4. The summed E-state index contributed by atoms with van der Waals surface area (Å²) >= 11 is 3.86. The van der Waals surface area contributed by atoms with Gasteiger partial charge in [-0.1, -0.05) is 249 Å². The van der Waals surface area contributed by atoms with E-state index in [9.17, 15) is 0 Å². The molecular weight excluding hydrogens is 1110 g/mol. The second-order valence-corrected chi connectivity index (χ2v) is 25.8. The molecule has 6 heteroatoms. The van der Waals surface area contributed by atoms with E-state index in [1.54, 1.807) is 0 Å². The topological polar surface area (TPSA) is 24.9 Å². The molecule has 0 saturated carbocycles. The number of anilines is 6. The van der Waals surface area contributed by atoms with Crippen molar-refractivity contribution in [2.45, 2.75) is 155 Å². The molecule has 10 aromatic rings. The highest BCUT2D eigenvalue weighted by Gasteiger charge is 2.26. The molecule has 0 amide bonds. The minimum absolute atomic E-state index is 0.662.